The van der Waals surface area contributed by atoms with Crippen molar-refractivity contribution < 1.29 is 9.58 Å². The van der Waals surface area contributed by atoms with E-state index in [1.165, 1.54) is 0 Å². The number of fused-ring (bicyclic) bond motifs is 3. The van der Waals surface area contributed by atoms with Crippen LogP contribution in [0.5, 0.6) is 0 Å². The topological polar surface area (TPSA) is 82.0 Å². The van der Waals surface area contributed by atoms with Crippen molar-refractivity contribution >= 4 is 17.0 Å². The lowest BCUT2D eigenvalue weighted by Crippen LogP contribution is -2.45. The predicted octanol–water partition coefficient (Wildman–Crippen LogP) is -0.0362. The average molecular weight is 289 g/mol. The minimum Gasteiger partial charge on any atom is -0.739 e. The van der Waals surface area contributed by atoms with Crippen molar-refractivity contribution in [2.75, 3.05) is 32.5 Å². The van der Waals surface area contributed by atoms with Crippen molar-refractivity contribution in [2.45, 2.75) is 19.3 Å². The molecule has 0 bridgehead atoms. The lowest BCUT2D eigenvalue weighted by atomic mass is 10.1. The van der Waals surface area contributed by atoms with Crippen molar-refractivity contribution in [1.29, 1.82) is 0 Å². The lowest BCUT2D eigenvalue weighted by Gasteiger charge is -2.12. The van der Waals surface area contributed by atoms with Crippen molar-refractivity contribution in [2.24, 2.45) is 0 Å². The van der Waals surface area contributed by atoms with E-state index in [2.05, 4.69) is 10.4 Å². The minimum absolute atomic E-state index is 0.0531. The molecule has 0 spiro atoms. The van der Waals surface area contributed by atoms with Gasteiger partial charge in [-0.25, -0.2) is 4.73 Å². The van der Waals surface area contributed by atoms with Gasteiger partial charge in [0, 0.05) is 17.0 Å². The number of hydrogen-bond acceptors (Lipinski definition) is 5. The van der Waals surface area contributed by atoms with Gasteiger partial charge in [0.05, 0.1) is 6.54 Å². The van der Waals surface area contributed by atoms with Crippen LogP contribution in [0.4, 0.5) is 5.95 Å². The Balaban J connectivity index is 2.02. The van der Waals surface area contributed by atoms with E-state index in [1.807, 2.05) is 25.1 Å². The highest BCUT2D eigenvalue weighted by atomic mass is 16.5. The minimum atomic E-state index is 0.0531. The van der Waals surface area contributed by atoms with E-state index >= 15 is 0 Å². The molecule has 1 aromatic carbocycles. The summed E-state index contributed by atoms with van der Waals surface area (Å²) in [6.45, 7) is 1.31. The number of hydrogen-bond donors (Lipinski definition) is 1. The van der Waals surface area contributed by atoms with E-state index < -0.39 is 0 Å². The van der Waals surface area contributed by atoms with Crippen LogP contribution >= 0.6 is 0 Å². The van der Waals surface area contributed by atoms with Gasteiger partial charge in [-0.3, -0.25) is 5.32 Å². The summed E-state index contributed by atoms with van der Waals surface area (Å²) in [5, 5.41) is 31.4. The first kappa shape index (κ1) is 13.8. The van der Waals surface area contributed by atoms with Gasteiger partial charge >= 0.3 is 11.5 Å². The first-order valence-corrected chi connectivity index (χ1v) is 7.14. The van der Waals surface area contributed by atoms with Gasteiger partial charge in [0.15, 0.2) is 5.52 Å². The van der Waals surface area contributed by atoms with Gasteiger partial charge in [-0.1, -0.05) is 6.07 Å². The van der Waals surface area contributed by atoms with Crippen LogP contribution in [0.1, 0.15) is 17.5 Å². The predicted molar refractivity (Wildman–Crippen MR) is 78.7 cm³/mol. The summed E-state index contributed by atoms with van der Waals surface area (Å²) in [6, 6.07) is 3.67. The molecule has 2 aromatic rings. The molecule has 0 radical (unpaired) electrons. The third-order valence-electron chi connectivity index (χ3n) is 3.86. The summed E-state index contributed by atoms with van der Waals surface area (Å²) < 4.78 is 0.720. The van der Waals surface area contributed by atoms with E-state index in [0.717, 1.165) is 41.7 Å². The maximum absolute atomic E-state index is 12.4. The maximum Gasteiger partial charge on any atom is 0.461 e. The molecular weight excluding hydrogens is 270 g/mol. The van der Waals surface area contributed by atoms with Gasteiger partial charge in [0.25, 0.3) is 0 Å². The fraction of sp³-hybridized carbons (Fsp3) is 0.500. The Morgan fingerprint density at radius 3 is 2.86 bits per heavy atom. The number of anilines is 1. The molecule has 0 saturated carbocycles. The van der Waals surface area contributed by atoms with E-state index in [0.29, 0.717) is 22.4 Å². The Kier molecular flexibility index (Phi) is 3.50. The molecule has 1 aromatic heterocycles. The molecule has 0 unspecified atom stereocenters. The highest BCUT2D eigenvalue weighted by Gasteiger charge is 2.26. The van der Waals surface area contributed by atoms with E-state index in [-0.39, 0.29) is 5.95 Å². The second kappa shape index (κ2) is 5.33. The molecule has 7 nitrogen and oxygen atoms in total. The molecule has 0 fully saturated rings. The Morgan fingerprint density at radius 2 is 2.10 bits per heavy atom. The Hall–Kier alpha value is -2.15. The van der Waals surface area contributed by atoms with Crippen LogP contribution in [0.25, 0.3) is 11.0 Å². The number of likely N-dealkylation sites (N-methyl/N-ethyl adjacent to an activating group) is 1. The number of aryl methyl sites for hydroxylation is 2. The molecule has 1 aliphatic carbocycles. The lowest BCUT2D eigenvalue weighted by molar-refractivity contribution is -0.672. The molecule has 0 saturated heterocycles. The molecule has 21 heavy (non-hydrogen) atoms. The molecule has 7 heteroatoms. The van der Waals surface area contributed by atoms with Crippen molar-refractivity contribution in [1.82, 2.24) is 10.00 Å². The Bertz CT molecular complexity index is 687. The molecule has 0 atom stereocenters. The second-order valence-corrected chi connectivity index (χ2v) is 5.65. The third kappa shape index (κ3) is 2.44. The van der Waals surface area contributed by atoms with Crippen molar-refractivity contribution in [3.05, 3.63) is 33.7 Å². The first-order chi connectivity index (χ1) is 10.1. The van der Waals surface area contributed by atoms with Gasteiger partial charge in [-0.05, 0) is 45.0 Å². The van der Waals surface area contributed by atoms with E-state index in [4.69, 9.17) is 0 Å². The molecular formula is C14H19N5O2. The van der Waals surface area contributed by atoms with Crippen LogP contribution in [0.3, 0.4) is 0 Å². The summed E-state index contributed by atoms with van der Waals surface area (Å²) in [6.07, 6.45) is 2.83. The number of nitrogens with one attached hydrogen (secondary N) is 1. The molecule has 0 aliphatic heterocycles. The zero-order chi connectivity index (χ0) is 15.0. The Labute approximate surface area is 123 Å². The number of benzene rings is 1. The van der Waals surface area contributed by atoms with Crippen molar-refractivity contribution in [3.8, 4) is 0 Å². The average Bonchev–Trinajstić information content (AvgIpc) is 2.91. The van der Waals surface area contributed by atoms with Crippen LogP contribution in [0.2, 0.25) is 0 Å². The normalized spacial score (nSPS) is 13.9. The molecule has 1 heterocycles. The standard InChI is InChI=1S/C14H19N5O2/c1-17(2)9-8-15-14-16-19(21)13-11-5-3-4-10(11)6-7-12(13)18(14)20/h6-7H,3-5,8-9H2,1-2H3,(H,15,16). The Morgan fingerprint density at radius 1 is 1.29 bits per heavy atom. The van der Waals surface area contributed by atoms with Crippen LogP contribution in [0.15, 0.2) is 12.1 Å². The summed E-state index contributed by atoms with van der Waals surface area (Å²) in [7, 11) is 3.88. The molecule has 1 N–H and O–H groups in total. The monoisotopic (exact) mass is 289 g/mol. The van der Waals surface area contributed by atoms with Crippen LogP contribution in [0, 0.1) is 10.4 Å². The zero-order valence-electron chi connectivity index (χ0n) is 12.3. The van der Waals surface area contributed by atoms with Crippen LogP contribution in [-0.4, -0.2) is 37.2 Å². The largest absolute Gasteiger partial charge is 0.739 e. The highest BCUT2D eigenvalue weighted by molar-refractivity contribution is 5.74. The number of aromatic nitrogens is 3. The highest BCUT2D eigenvalue weighted by Crippen LogP contribution is 2.26. The molecule has 0 amide bonds. The van der Waals surface area contributed by atoms with Crippen LogP contribution < -0.4 is 14.9 Å². The molecule has 1 aliphatic rings. The quantitative estimate of drug-likeness (QED) is 0.631. The van der Waals surface area contributed by atoms with E-state index in [9.17, 15) is 10.4 Å². The SMILES string of the molecule is CN(C)CCNc1n[n+]([O-])c2c3c(ccc2[n+]1[O-])CCC3. The summed E-state index contributed by atoms with van der Waals surface area (Å²) in [5.74, 6) is 0.0531. The molecule has 112 valence electrons. The zero-order valence-corrected chi connectivity index (χ0v) is 12.3. The first-order valence-electron chi connectivity index (χ1n) is 7.14. The van der Waals surface area contributed by atoms with E-state index in [1.54, 1.807) is 6.07 Å². The smallest absolute Gasteiger partial charge is 0.461 e. The third-order valence-corrected chi connectivity index (χ3v) is 3.86. The van der Waals surface area contributed by atoms with Gasteiger partial charge in [-0.15, -0.1) is 0 Å². The fourth-order valence-electron chi connectivity index (χ4n) is 2.80. The summed E-state index contributed by atoms with van der Waals surface area (Å²) >= 11 is 0. The molecule has 3 rings (SSSR count). The van der Waals surface area contributed by atoms with Crippen molar-refractivity contribution in [3.63, 3.8) is 0 Å². The van der Waals surface area contributed by atoms with Gasteiger partial charge in [-0.2, -0.15) is 0 Å². The number of rotatable bonds is 4. The second-order valence-electron chi connectivity index (χ2n) is 5.65. The number of nitrogens with zero attached hydrogens (tertiary/aromatic N) is 4. The summed E-state index contributed by atoms with van der Waals surface area (Å²) in [5.41, 5.74) is 2.92. The summed E-state index contributed by atoms with van der Waals surface area (Å²) in [4.78, 5) is 2.58. The van der Waals surface area contributed by atoms with Gasteiger partial charge in [0.2, 0.25) is 5.10 Å². The van der Waals surface area contributed by atoms with Crippen LogP contribution in [-0.2, 0) is 12.8 Å². The van der Waals surface area contributed by atoms with Gasteiger partial charge < -0.3 is 15.3 Å². The maximum atomic E-state index is 12.4. The van der Waals surface area contributed by atoms with Gasteiger partial charge in [0.1, 0.15) is 0 Å². The fourth-order valence-corrected chi connectivity index (χ4v) is 2.80.